The third-order valence-corrected chi connectivity index (χ3v) is 2.83. The van der Waals surface area contributed by atoms with E-state index in [0.717, 1.165) is 5.39 Å². The predicted octanol–water partition coefficient (Wildman–Crippen LogP) is 3.33. The molecule has 7 heteroatoms. The molecule has 1 heterocycles. The summed E-state index contributed by atoms with van der Waals surface area (Å²) in [6.45, 7) is -2.20. The van der Waals surface area contributed by atoms with Crippen molar-refractivity contribution in [2.45, 2.75) is 12.3 Å². The van der Waals surface area contributed by atoms with Crippen LogP contribution in [-0.4, -0.2) is 36.3 Å². The number of carbonyl (C=O) groups excluding carboxylic acids is 1. The van der Waals surface area contributed by atoms with Gasteiger partial charge in [-0.05, 0) is 11.5 Å². The van der Waals surface area contributed by atoms with Gasteiger partial charge in [0.15, 0.2) is 5.78 Å². The number of benzene rings is 1. The highest BCUT2D eigenvalue weighted by Crippen LogP contribution is 2.23. The van der Waals surface area contributed by atoms with Gasteiger partial charge >= 0.3 is 12.3 Å². The van der Waals surface area contributed by atoms with Gasteiger partial charge in [-0.15, -0.1) is 0 Å². The van der Waals surface area contributed by atoms with E-state index in [2.05, 4.69) is 9.72 Å². The summed E-state index contributed by atoms with van der Waals surface area (Å²) in [6, 6.07) is 6.59. The SMILES string of the molecule is O=C(COCC(F)(F)C(F)F)c1cccc2ccncc12. The Labute approximate surface area is 117 Å². The van der Waals surface area contributed by atoms with Crippen LogP contribution < -0.4 is 0 Å². The predicted molar refractivity (Wildman–Crippen MR) is 67.8 cm³/mol. The van der Waals surface area contributed by atoms with Crippen molar-refractivity contribution < 1.29 is 27.1 Å². The van der Waals surface area contributed by atoms with E-state index >= 15 is 0 Å². The molecule has 2 aromatic rings. The number of pyridine rings is 1. The van der Waals surface area contributed by atoms with Gasteiger partial charge in [0, 0.05) is 23.3 Å². The monoisotopic (exact) mass is 301 g/mol. The van der Waals surface area contributed by atoms with Crippen LogP contribution in [0, 0.1) is 0 Å². The molecule has 0 bridgehead atoms. The summed E-state index contributed by atoms with van der Waals surface area (Å²) in [5.74, 6) is -4.83. The highest BCUT2D eigenvalue weighted by Gasteiger charge is 2.41. The number of alkyl halides is 4. The maximum absolute atomic E-state index is 12.7. The van der Waals surface area contributed by atoms with Crippen LogP contribution in [0.5, 0.6) is 0 Å². The fourth-order valence-electron chi connectivity index (χ4n) is 1.78. The lowest BCUT2D eigenvalue weighted by molar-refractivity contribution is -0.163. The van der Waals surface area contributed by atoms with Crippen molar-refractivity contribution in [2.24, 2.45) is 0 Å². The average Bonchev–Trinajstić information content (AvgIpc) is 2.46. The maximum atomic E-state index is 12.7. The Kier molecular flexibility index (Phi) is 4.52. The van der Waals surface area contributed by atoms with Gasteiger partial charge in [-0.3, -0.25) is 9.78 Å². The van der Waals surface area contributed by atoms with E-state index in [1.54, 1.807) is 24.4 Å². The first-order valence-corrected chi connectivity index (χ1v) is 6.01. The largest absolute Gasteiger partial charge is 0.367 e. The molecule has 0 aliphatic heterocycles. The first kappa shape index (κ1) is 15.4. The molecule has 0 amide bonds. The molecule has 0 N–H and O–H groups in total. The fourth-order valence-corrected chi connectivity index (χ4v) is 1.78. The van der Waals surface area contributed by atoms with Crippen LogP contribution in [0.2, 0.25) is 0 Å². The second-order valence-electron chi connectivity index (χ2n) is 4.38. The second-order valence-corrected chi connectivity index (χ2v) is 4.38. The van der Waals surface area contributed by atoms with Gasteiger partial charge < -0.3 is 4.74 Å². The number of aromatic nitrogens is 1. The van der Waals surface area contributed by atoms with E-state index in [0.29, 0.717) is 5.39 Å². The normalized spacial score (nSPS) is 12.0. The van der Waals surface area contributed by atoms with E-state index < -0.39 is 31.3 Å². The van der Waals surface area contributed by atoms with Gasteiger partial charge in [0.05, 0.1) is 0 Å². The zero-order valence-electron chi connectivity index (χ0n) is 10.7. The number of Topliss-reactive ketones (excluding diaryl/α,β-unsaturated/α-hetero) is 1. The van der Waals surface area contributed by atoms with Gasteiger partial charge in [-0.2, -0.15) is 8.78 Å². The highest BCUT2D eigenvalue weighted by atomic mass is 19.3. The summed E-state index contributed by atoms with van der Waals surface area (Å²) in [5, 5.41) is 1.31. The minimum Gasteiger partial charge on any atom is -0.367 e. The van der Waals surface area contributed by atoms with E-state index in [1.807, 2.05) is 0 Å². The smallest absolute Gasteiger partial charge is 0.330 e. The molecule has 0 saturated heterocycles. The number of ether oxygens (including phenoxy) is 1. The van der Waals surface area contributed by atoms with E-state index in [-0.39, 0.29) is 5.56 Å². The lowest BCUT2D eigenvalue weighted by Crippen LogP contribution is -2.33. The number of halogens is 4. The molecule has 3 nitrogen and oxygen atoms in total. The maximum Gasteiger partial charge on any atom is 0.330 e. The number of nitrogens with zero attached hydrogens (tertiary/aromatic N) is 1. The van der Waals surface area contributed by atoms with E-state index in [1.165, 1.54) is 12.3 Å². The molecule has 0 aliphatic rings. The summed E-state index contributed by atoms with van der Waals surface area (Å²) in [5.41, 5.74) is 0.251. The molecule has 0 atom stereocenters. The molecule has 0 radical (unpaired) electrons. The number of carbonyl (C=O) groups is 1. The minimum atomic E-state index is -4.26. The molecule has 0 spiro atoms. The van der Waals surface area contributed by atoms with Crippen molar-refractivity contribution in [1.29, 1.82) is 0 Å². The van der Waals surface area contributed by atoms with Crippen LogP contribution in [0.15, 0.2) is 36.7 Å². The third kappa shape index (κ3) is 3.55. The van der Waals surface area contributed by atoms with Gasteiger partial charge in [0.25, 0.3) is 0 Å². The zero-order chi connectivity index (χ0) is 15.5. The van der Waals surface area contributed by atoms with Crippen molar-refractivity contribution in [3.63, 3.8) is 0 Å². The lowest BCUT2D eigenvalue weighted by atomic mass is 10.0. The van der Waals surface area contributed by atoms with Crippen molar-refractivity contribution in [1.82, 2.24) is 4.98 Å². The Morgan fingerprint density at radius 3 is 2.76 bits per heavy atom. The Morgan fingerprint density at radius 2 is 2.05 bits per heavy atom. The zero-order valence-corrected chi connectivity index (χ0v) is 10.7. The molecular weight excluding hydrogens is 290 g/mol. The molecule has 0 unspecified atom stereocenters. The summed E-state index contributed by atoms with van der Waals surface area (Å²) in [4.78, 5) is 15.8. The molecule has 2 rings (SSSR count). The number of ketones is 1. The van der Waals surface area contributed by atoms with E-state index in [4.69, 9.17) is 0 Å². The molecule has 0 saturated carbocycles. The van der Waals surface area contributed by atoms with Crippen LogP contribution in [0.3, 0.4) is 0 Å². The quantitative estimate of drug-likeness (QED) is 0.607. The lowest BCUT2D eigenvalue weighted by Gasteiger charge is -2.15. The first-order valence-electron chi connectivity index (χ1n) is 6.01. The van der Waals surface area contributed by atoms with Crippen LogP contribution in [0.25, 0.3) is 10.8 Å². The van der Waals surface area contributed by atoms with Crippen molar-refractivity contribution >= 4 is 16.6 Å². The first-order chi connectivity index (χ1) is 9.92. The number of hydrogen-bond donors (Lipinski definition) is 0. The summed E-state index contributed by atoms with van der Waals surface area (Å²) in [7, 11) is 0. The van der Waals surface area contributed by atoms with Crippen LogP contribution in [-0.2, 0) is 4.74 Å². The van der Waals surface area contributed by atoms with Crippen LogP contribution in [0.1, 0.15) is 10.4 Å². The topological polar surface area (TPSA) is 39.2 Å². The van der Waals surface area contributed by atoms with Crippen LogP contribution >= 0.6 is 0 Å². The Morgan fingerprint density at radius 1 is 1.29 bits per heavy atom. The number of rotatable bonds is 6. The molecule has 1 aromatic heterocycles. The van der Waals surface area contributed by atoms with Gasteiger partial charge in [0.1, 0.15) is 13.2 Å². The van der Waals surface area contributed by atoms with Gasteiger partial charge in [-0.1, -0.05) is 18.2 Å². The third-order valence-electron chi connectivity index (χ3n) is 2.83. The number of hydrogen-bond acceptors (Lipinski definition) is 3. The summed E-state index contributed by atoms with van der Waals surface area (Å²) >= 11 is 0. The van der Waals surface area contributed by atoms with Crippen LogP contribution in [0.4, 0.5) is 17.6 Å². The van der Waals surface area contributed by atoms with Crippen molar-refractivity contribution in [3.8, 4) is 0 Å². The highest BCUT2D eigenvalue weighted by molar-refractivity contribution is 6.08. The van der Waals surface area contributed by atoms with E-state index in [9.17, 15) is 22.4 Å². The standard InChI is InChI=1S/C14H11F4NO2/c15-13(16)14(17,18)8-21-7-12(20)10-3-1-2-9-4-5-19-6-11(9)10/h1-6,13H,7-8H2. The molecule has 0 fully saturated rings. The Bertz CT molecular complexity index is 640. The van der Waals surface area contributed by atoms with Crippen molar-refractivity contribution in [3.05, 3.63) is 42.2 Å². The minimum absolute atomic E-state index is 0.251. The molecule has 21 heavy (non-hydrogen) atoms. The average molecular weight is 301 g/mol. The number of fused-ring (bicyclic) bond motifs is 1. The van der Waals surface area contributed by atoms with Crippen molar-refractivity contribution in [2.75, 3.05) is 13.2 Å². The Balaban J connectivity index is 2.07. The summed E-state index contributed by atoms with van der Waals surface area (Å²) < 4.78 is 53.6. The molecular formula is C14H11F4NO2. The molecule has 112 valence electrons. The van der Waals surface area contributed by atoms with Gasteiger partial charge in [0.2, 0.25) is 0 Å². The Hall–Kier alpha value is -2.02. The van der Waals surface area contributed by atoms with Gasteiger partial charge in [-0.25, -0.2) is 8.78 Å². The second kappa shape index (κ2) is 6.17. The fraction of sp³-hybridized carbons (Fsp3) is 0.286. The summed E-state index contributed by atoms with van der Waals surface area (Å²) in [6.07, 6.45) is -0.804. The molecule has 1 aromatic carbocycles. The molecule has 0 aliphatic carbocycles.